The smallest absolute Gasteiger partial charge is 0.108 e. The molecule has 0 saturated carbocycles. The minimum absolute atomic E-state index is 0.171. The summed E-state index contributed by atoms with van der Waals surface area (Å²) in [6, 6.07) is 1.63. The Morgan fingerprint density at radius 2 is 1.75 bits per heavy atom. The average molecular weight is 167 g/mol. The van der Waals surface area contributed by atoms with Crippen molar-refractivity contribution in [3.8, 4) is 0 Å². The Labute approximate surface area is 73.4 Å². The lowest BCUT2D eigenvalue weighted by atomic mass is 10.0. The summed E-state index contributed by atoms with van der Waals surface area (Å²) in [7, 11) is 0. The number of nitrogens with two attached hydrogens (primary N) is 1. The van der Waals surface area contributed by atoms with E-state index in [2.05, 4.69) is 11.8 Å². The highest BCUT2D eigenvalue weighted by atomic mass is 15.3. The van der Waals surface area contributed by atoms with Gasteiger partial charge >= 0.3 is 0 Å². The van der Waals surface area contributed by atoms with E-state index in [0.717, 1.165) is 12.1 Å². The molecule has 2 heterocycles. The van der Waals surface area contributed by atoms with E-state index in [9.17, 15) is 0 Å². The lowest BCUT2D eigenvalue weighted by Crippen LogP contribution is -2.44. The molecule has 0 aromatic heterocycles. The molecule has 68 valence electrons. The second-order valence-corrected chi connectivity index (χ2v) is 4.04. The fourth-order valence-corrected chi connectivity index (χ4v) is 2.75. The highest BCUT2D eigenvalue weighted by molar-refractivity contribution is 5.82. The Morgan fingerprint density at radius 1 is 1.33 bits per heavy atom. The Balaban J connectivity index is 2.09. The molecular weight excluding hydrogens is 150 g/mol. The van der Waals surface area contributed by atoms with Gasteiger partial charge in [0.25, 0.3) is 0 Å². The predicted molar refractivity (Wildman–Crippen MR) is 49.3 cm³/mol. The molecule has 3 heteroatoms. The second kappa shape index (κ2) is 2.73. The van der Waals surface area contributed by atoms with Crippen molar-refractivity contribution in [1.29, 1.82) is 5.41 Å². The van der Waals surface area contributed by atoms with Gasteiger partial charge in [-0.25, -0.2) is 0 Å². The molecule has 0 radical (unpaired) electrons. The Morgan fingerprint density at radius 3 is 2.08 bits per heavy atom. The third-order valence-electron chi connectivity index (χ3n) is 3.41. The Hall–Kier alpha value is -0.570. The molecule has 1 unspecified atom stereocenters. The average Bonchev–Trinajstić information content (AvgIpc) is 2.61. The van der Waals surface area contributed by atoms with Crippen molar-refractivity contribution in [2.75, 3.05) is 0 Å². The number of fused-ring (bicyclic) bond motifs is 2. The van der Waals surface area contributed by atoms with Crippen LogP contribution in [0.1, 0.15) is 32.6 Å². The lowest BCUT2D eigenvalue weighted by molar-refractivity contribution is 0.230. The quantitative estimate of drug-likeness (QED) is 0.475. The topological polar surface area (TPSA) is 53.1 Å². The molecule has 0 aromatic carbocycles. The third-order valence-corrected chi connectivity index (χ3v) is 3.41. The molecule has 2 aliphatic heterocycles. The van der Waals surface area contributed by atoms with Crippen LogP contribution in [0.4, 0.5) is 0 Å². The van der Waals surface area contributed by atoms with Crippen LogP contribution in [-0.2, 0) is 0 Å². The first kappa shape index (κ1) is 8.05. The van der Waals surface area contributed by atoms with Crippen LogP contribution in [0.15, 0.2) is 0 Å². The number of hydrogen-bond donors (Lipinski definition) is 2. The number of nitrogens with zero attached hydrogens (tertiary/aromatic N) is 1. The SMILES string of the molecule is CC(C(=N)N)N1C2CCC1CC2. The third kappa shape index (κ3) is 1.04. The van der Waals surface area contributed by atoms with Crippen molar-refractivity contribution >= 4 is 5.84 Å². The number of rotatable bonds is 2. The second-order valence-electron chi connectivity index (χ2n) is 4.04. The summed E-state index contributed by atoms with van der Waals surface area (Å²) >= 11 is 0. The van der Waals surface area contributed by atoms with Crippen molar-refractivity contribution in [3.63, 3.8) is 0 Å². The van der Waals surface area contributed by atoms with Crippen LogP contribution < -0.4 is 5.73 Å². The fraction of sp³-hybridized carbons (Fsp3) is 0.889. The zero-order chi connectivity index (χ0) is 8.72. The van der Waals surface area contributed by atoms with E-state index in [4.69, 9.17) is 11.1 Å². The van der Waals surface area contributed by atoms with Gasteiger partial charge in [-0.15, -0.1) is 0 Å². The van der Waals surface area contributed by atoms with Crippen LogP contribution >= 0.6 is 0 Å². The molecule has 1 atom stereocenters. The molecule has 2 saturated heterocycles. The molecule has 0 amide bonds. The van der Waals surface area contributed by atoms with Gasteiger partial charge in [0.15, 0.2) is 0 Å². The molecule has 0 aromatic rings. The van der Waals surface area contributed by atoms with Gasteiger partial charge in [-0.05, 0) is 32.6 Å². The van der Waals surface area contributed by atoms with Gasteiger partial charge in [-0.1, -0.05) is 0 Å². The summed E-state index contributed by atoms with van der Waals surface area (Å²) in [6.45, 7) is 2.05. The van der Waals surface area contributed by atoms with Gasteiger partial charge in [0, 0.05) is 12.1 Å². The van der Waals surface area contributed by atoms with E-state index in [1.54, 1.807) is 0 Å². The lowest BCUT2D eigenvalue weighted by Gasteiger charge is -2.27. The normalized spacial score (nSPS) is 37.1. The van der Waals surface area contributed by atoms with E-state index in [-0.39, 0.29) is 6.04 Å². The van der Waals surface area contributed by atoms with Crippen LogP contribution in [0, 0.1) is 5.41 Å². The molecule has 2 rings (SSSR count). The van der Waals surface area contributed by atoms with Gasteiger partial charge in [-0.3, -0.25) is 10.3 Å². The van der Waals surface area contributed by atoms with Crippen molar-refractivity contribution in [1.82, 2.24) is 4.90 Å². The highest BCUT2D eigenvalue weighted by Gasteiger charge is 2.42. The van der Waals surface area contributed by atoms with E-state index in [1.165, 1.54) is 25.7 Å². The predicted octanol–water partition coefficient (Wildman–Crippen LogP) is 0.938. The van der Waals surface area contributed by atoms with Crippen LogP contribution in [0.5, 0.6) is 0 Å². The largest absolute Gasteiger partial charge is 0.386 e. The van der Waals surface area contributed by atoms with Crippen molar-refractivity contribution in [2.24, 2.45) is 5.73 Å². The van der Waals surface area contributed by atoms with Crippen molar-refractivity contribution in [3.05, 3.63) is 0 Å². The standard InChI is InChI=1S/C9H17N3/c1-6(9(10)11)12-7-2-3-8(12)5-4-7/h6-8H,2-5H2,1H3,(H3,10,11). The molecular formula is C9H17N3. The fourth-order valence-electron chi connectivity index (χ4n) is 2.75. The first-order chi connectivity index (χ1) is 5.70. The monoisotopic (exact) mass is 167 g/mol. The molecule has 0 aliphatic carbocycles. The Bertz CT molecular complexity index is 182. The number of nitrogens with one attached hydrogen (secondary N) is 1. The van der Waals surface area contributed by atoms with Gasteiger partial charge < -0.3 is 5.73 Å². The van der Waals surface area contributed by atoms with Crippen molar-refractivity contribution in [2.45, 2.75) is 50.7 Å². The first-order valence-electron chi connectivity index (χ1n) is 4.81. The molecule has 3 nitrogen and oxygen atoms in total. The maximum absolute atomic E-state index is 7.41. The zero-order valence-electron chi connectivity index (χ0n) is 7.59. The van der Waals surface area contributed by atoms with Crippen molar-refractivity contribution < 1.29 is 0 Å². The summed E-state index contributed by atoms with van der Waals surface area (Å²) in [5.41, 5.74) is 5.51. The highest BCUT2D eigenvalue weighted by Crippen LogP contribution is 2.38. The summed E-state index contributed by atoms with van der Waals surface area (Å²) < 4.78 is 0. The molecule has 0 spiro atoms. The number of amidine groups is 1. The van der Waals surface area contributed by atoms with E-state index in [0.29, 0.717) is 5.84 Å². The molecule has 12 heavy (non-hydrogen) atoms. The van der Waals surface area contributed by atoms with E-state index >= 15 is 0 Å². The maximum atomic E-state index is 7.41. The maximum Gasteiger partial charge on any atom is 0.108 e. The van der Waals surface area contributed by atoms with Gasteiger partial charge in [0.2, 0.25) is 0 Å². The minimum atomic E-state index is 0.171. The van der Waals surface area contributed by atoms with Crippen LogP contribution in [0.3, 0.4) is 0 Å². The summed E-state index contributed by atoms with van der Waals surface area (Å²) in [5.74, 6) is 0.328. The van der Waals surface area contributed by atoms with Gasteiger partial charge in [0.1, 0.15) is 5.84 Å². The van der Waals surface area contributed by atoms with Crippen LogP contribution in [-0.4, -0.2) is 28.9 Å². The molecule has 2 bridgehead atoms. The van der Waals surface area contributed by atoms with Crippen LogP contribution in [0.25, 0.3) is 0 Å². The molecule has 3 N–H and O–H groups in total. The summed E-state index contributed by atoms with van der Waals surface area (Å²) in [5, 5.41) is 7.41. The summed E-state index contributed by atoms with van der Waals surface area (Å²) in [4.78, 5) is 2.45. The van der Waals surface area contributed by atoms with Crippen LogP contribution in [0.2, 0.25) is 0 Å². The van der Waals surface area contributed by atoms with Gasteiger partial charge in [0.05, 0.1) is 6.04 Å². The van der Waals surface area contributed by atoms with E-state index in [1.807, 2.05) is 0 Å². The molecule has 2 fully saturated rings. The minimum Gasteiger partial charge on any atom is -0.386 e. The zero-order valence-corrected chi connectivity index (χ0v) is 7.59. The molecule has 2 aliphatic rings. The Kier molecular flexibility index (Phi) is 1.83. The van der Waals surface area contributed by atoms with E-state index < -0.39 is 0 Å². The first-order valence-corrected chi connectivity index (χ1v) is 4.81. The van der Waals surface area contributed by atoms with Gasteiger partial charge in [-0.2, -0.15) is 0 Å². The number of hydrogen-bond acceptors (Lipinski definition) is 2. The summed E-state index contributed by atoms with van der Waals surface area (Å²) in [6.07, 6.45) is 5.29.